The van der Waals surface area contributed by atoms with Crippen molar-refractivity contribution in [1.82, 2.24) is 15.3 Å². The van der Waals surface area contributed by atoms with Gasteiger partial charge in [0.1, 0.15) is 11.5 Å². The fourth-order valence-corrected chi connectivity index (χ4v) is 3.11. The third-order valence-corrected chi connectivity index (χ3v) is 4.52. The van der Waals surface area contributed by atoms with E-state index in [-0.39, 0.29) is 17.9 Å². The molecule has 2 rings (SSSR count). The van der Waals surface area contributed by atoms with Crippen molar-refractivity contribution < 1.29 is 4.79 Å². The van der Waals surface area contributed by atoms with E-state index in [0.29, 0.717) is 22.5 Å². The second kappa shape index (κ2) is 6.73. The summed E-state index contributed by atoms with van der Waals surface area (Å²) in [6.45, 7) is 8.46. The van der Waals surface area contributed by atoms with E-state index >= 15 is 0 Å². The number of hydrogen-bond donors (Lipinski definition) is 1. The van der Waals surface area contributed by atoms with E-state index in [1.165, 1.54) is 6.20 Å². The van der Waals surface area contributed by atoms with Crippen molar-refractivity contribution in [2.45, 2.75) is 58.9 Å². The van der Waals surface area contributed by atoms with Crippen molar-refractivity contribution >= 4 is 17.5 Å². The Labute approximate surface area is 131 Å². The number of rotatable bonds is 3. The molecule has 116 valence electrons. The molecule has 1 aromatic rings. The highest BCUT2D eigenvalue weighted by Crippen LogP contribution is 2.29. The highest BCUT2D eigenvalue weighted by molar-refractivity contribution is 6.33. The third-order valence-electron chi connectivity index (χ3n) is 4.24. The summed E-state index contributed by atoms with van der Waals surface area (Å²) in [5, 5.41) is 3.41. The molecule has 5 heteroatoms. The van der Waals surface area contributed by atoms with Gasteiger partial charge in [0, 0.05) is 12.0 Å². The van der Waals surface area contributed by atoms with Crippen LogP contribution in [0.1, 0.15) is 69.2 Å². The van der Waals surface area contributed by atoms with Crippen molar-refractivity contribution in [3.8, 4) is 0 Å². The third kappa shape index (κ3) is 3.94. The zero-order valence-corrected chi connectivity index (χ0v) is 13.9. The number of nitrogens with one attached hydrogen (secondary N) is 1. The van der Waals surface area contributed by atoms with Crippen molar-refractivity contribution in [3.05, 3.63) is 22.7 Å². The van der Waals surface area contributed by atoms with Crippen LogP contribution in [0.2, 0.25) is 5.02 Å². The summed E-state index contributed by atoms with van der Waals surface area (Å²) < 4.78 is 0. The maximum absolute atomic E-state index is 12.4. The minimum Gasteiger partial charge on any atom is -0.348 e. The van der Waals surface area contributed by atoms with Crippen LogP contribution in [0, 0.1) is 11.8 Å². The summed E-state index contributed by atoms with van der Waals surface area (Å²) in [5.41, 5.74) is 0.293. The summed E-state index contributed by atoms with van der Waals surface area (Å²) in [6, 6.07) is 0.210. The Kier molecular flexibility index (Phi) is 5.20. The minimum atomic E-state index is -0.185. The zero-order valence-electron chi connectivity index (χ0n) is 13.2. The van der Waals surface area contributed by atoms with E-state index in [4.69, 9.17) is 11.6 Å². The average Bonchev–Trinajstić information content (AvgIpc) is 2.42. The van der Waals surface area contributed by atoms with Crippen LogP contribution < -0.4 is 5.32 Å². The molecule has 1 aliphatic rings. The molecule has 3 unspecified atom stereocenters. The molecule has 0 aliphatic heterocycles. The number of amides is 1. The highest BCUT2D eigenvalue weighted by atomic mass is 35.5. The van der Waals surface area contributed by atoms with Crippen LogP contribution in [0.25, 0.3) is 0 Å². The second-order valence-corrected chi connectivity index (χ2v) is 6.96. The monoisotopic (exact) mass is 309 g/mol. The Morgan fingerprint density at radius 2 is 2.10 bits per heavy atom. The lowest BCUT2D eigenvalue weighted by atomic mass is 9.80. The number of halogens is 1. The molecule has 0 bridgehead atoms. The first-order chi connectivity index (χ1) is 9.88. The van der Waals surface area contributed by atoms with Crippen molar-refractivity contribution in [2.75, 3.05) is 0 Å². The Hall–Kier alpha value is -1.16. The van der Waals surface area contributed by atoms with Gasteiger partial charge in [-0.05, 0) is 31.1 Å². The van der Waals surface area contributed by atoms with Crippen LogP contribution in [0.4, 0.5) is 0 Å². The SMILES string of the molecule is CC1CCC(NC(=O)c2nc(C(C)C)ncc2Cl)C(C)C1. The molecule has 21 heavy (non-hydrogen) atoms. The Morgan fingerprint density at radius 1 is 1.38 bits per heavy atom. The molecule has 1 fully saturated rings. The van der Waals surface area contributed by atoms with Gasteiger partial charge in [-0.15, -0.1) is 0 Å². The van der Waals surface area contributed by atoms with Crippen molar-refractivity contribution in [1.29, 1.82) is 0 Å². The van der Waals surface area contributed by atoms with Crippen molar-refractivity contribution in [3.63, 3.8) is 0 Å². The van der Waals surface area contributed by atoms with E-state index in [9.17, 15) is 4.79 Å². The number of carbonyl (C=O) groups is 1. The van der Waals surface area contributed by atoms with Gasteiger partial charge in [0.05, 0.1) is 11.2 Å². The zero-order chi connectivity index (χ0) is 15.6. The maximum atomic E-state index is 12.4. The van der Waals surface area contributed by atoms with E-state index in [0.717, 1.165) is 25.2 Å². The van der Waals surface area contributed by atoms with Gasteiger partial charge in [-0.3, -0.25) is 4.79 Å². The molecule has 0 aromatic carbocycles. The van der Waals surface area contributed by atoms with E-state index < -0.39 is 0 Å². The van der Waals surface area contributed by atoms with Gasteiger partial charge in [-0.2, -0.15) is 0 Å². The molecular weight excluding hydrogens is 286 g/mol. The Bertz CT molecular complexity index is 518. The number of aromatic nitrogens is 2. The summed E-state index contributed by atoms with van der Waals surface area (Å²) in [7, 11) is 0. The van der Waals surface area contributed by atoms with Gasteiger partial charge >= 0.3 is 0 Å². The normalized spacial score (nSPS) is 25.9. The van der Waals surface area contributed by atoms with E-state index in [2.05, 4.69) is 29.1 Å². The summed E-state index contributed by atoms with van der Waals surface area (Å²) in [5.74, 6) is 1.86. The fraction of sp³-hybridized carbons (Fsp3) is 0.688. The first-order valence-electron chi connectivity index (χ1n) is 7.71. The lowest BCUT2D eigenvalue weighted by Gasteiger charge is -2.33. The van der Waals surface area contributed by atoms with E-state index in [1.54, 1.807) is 0 Å². The van der Waals surface area contributed by atoms with Gasteiger partial charge in [-0.1, -0.05) is 39.3 Å². The summed E-state index contributed by atoms with van der Waals surface area (Å²) in [4.78, 5) is 20.9. The maximum Gasteiger partial charge on any atom is 0.271 e. The number of hydrogen-bond acceptors (Lipinski definition) is 3. The molecular formula is C16H24ClN3O. The van der Waals surface area contributed by atoms with Crippen molar-refractivity contribution in [2.24, 2.45) is 11.8 Å². The number of nitrogens with zero attached hydrogens (tertiary/aromatic N) is 2. The Balaban J connectivity index is 2.11. The van der Waals surface area contributed by atoms with Crippen LogP contribution >= 0.6 is 11.6 Å². The highest BCUT2D eigenvalue weighted by Gasteiger charge is 2.28. The summed E-state index contributed by atoms with van der Waals surface area (Å²) >= 11 is 6.09. The smallest absolute Gasteiger partial charge is 0.271 e. The first-order valence-corrected chi connectivity index (χ1v) is 8.09. The molecule has 1 amide bonds. The molecule has 0 spiro atoms. The molecule has 4 nitrogen and oxygen atoms in total. The molecule has 1 aliphatic carbocycles. The van der Waals surface area contributed by atoms with Gasteiger partial charge in [0.15, 0.2) is 0 Å². The predicted molar refractivity (Wildman–Crippen MR) is 84.6 cm³/mol. The van der Waals surface area contributed by atoms with Gasteiger partial charge in [0.25, 0.3) is 5.91 Å². The predicted octanol–water partition coefficient (Wildman–Crippen LogP) is 3.81. The topological polar surface area (TPSA) is 54.9 Å². The van der Waals surface area contributed by atoms with Gasteiger partial charge in [-0.25, -0.2) is 9.97 Å². The quantitative estimate of drug-likeness (QED) is 0.923. The van der Waals surface area contributed by atoms with Crippen LogP contribution in [-0.4, -0.2) is 21.9 Å². The molecule has 1 aromatic heterocycles. The van der Waals surface area contributed by atoms with Gasteiger partial charge < -0.3 is 5.32 Å². The Morgan fingerprint density at radius 3 is 2.71 bits per heavy atom. The largest absolute Gasteiger partial charge is 0.348 e. The lowest BCUT2D eigenvalue weighted by Crippen LogP contribution is -2.42. The van der Waals surface area contributed by atoms with Crippen LogP contribution in [0.3, 0.4) is 0 Å². The fourth-order valence-electron chi connectivity index (χ4n) is 2.93. The van der Waals surface area contributed by atoms with E-state index in [1.807, 2.05) is 13.8 Å². The molecule has 3 atom stereocenters. The average molecular weight is 310 g/mol. The molecule has 1 saturated carbocycles. The van der Waals surface area contributed by atoms with Crippen LogP contribution in [-0.2, 0) is 0 Å². The van der Waals surface area contributed by atoms with Crippen LogP contribution in [0.15, 0.2) is 6.20 Å². The second-order valence-electron chi connectivity index (χ2n) is 6.55. The van der Waals surface area contributed by atoms with Crippen LogP contribution in [0.5, 0.6) is 0 Å². The summed E-state index contributed by atoms with van der Waals surface area (Å²) in [6.07, 6.45) is 4.85. The van der Waals surface area contributed by atoms with Gasteiger partial charge in [0.2, 0.25) is 0 Å². The standard InChI is InChI=1S/C16H24ClN3O/c1-9(2)15-18-8-12(17)14(20-15)16(21)19-13-6-5-10(3)7-11(13)4/h8-11,13H,5-7H2,1-4H3,(H,19,21). The molecule has 1 N–H and O–H groups in total. The molecule has 0 saturated heterocycles. The molecule has 0 radical (unpaired) electrons. The minimum absolute atomic E-state index is 0.170. The lowest BCUT2D eigenvalue weighted by molar-refractivity contribution is 0.0894. The number of carbonyl (C=O) groups excluding carboxylic acids is 1. The first kappa shape index (κ1) is 16.2. The molecule has 1 heterocycles.